The lowest BCUT2D eigenvalue weighted by atomic mass is 9.92. The van der Waals surface area contributed by atoms with Crippen molar-refractivity contribution in [2.45, 2.75) is 20.4 Å². The molecule has 2 amide bonds. The highest BCUT2D eigenvalue weighted by Crippen LogP contribution is 2.29. The van der Waals surface area contributed by atoms with Crippen LogP contribution < -0.4 is 25.3 Å². The molecule has 0 spiro atoms. The molecule has 0 atom stereocenters. The summed E-state index contributed by atoms with van der Waals surface area (Å²) < 4.78 is 16.2. The van der Waals surface area contributed by atoms with E-state index in [0.717, 1.165) is 5.56 Å². The smallest absolute Gasteiger partial charge is 0.262 e. The summed E-state index contributed by atoms with van der Waals surface area (Å²) in [6, 6.07) is 21.7. The number of ether oxygens (including phenoxy) is 3. The Morgan fingerprint density at radius 3 is 2.22 bits per heavy atom. The maximum absolute atomic E-state index is 13.5. The van der Waals surface area contributed by atoms with Crippen LogP contribution in [0.15, 0.2) is 72.8 Å². The topological polar surface area (TPSA) is 103 Å². The molecule has 3 N–H and O–H groups in total. The van der Waals surface area contributed by atoms with E-state index in [-0.39, 0.29) is 23.8 Å². The second kappa shape index (κ2) is 12.8. The number of hydrogen-bond donors (Lipinski definition) is 2. The van der Waals surface area contributed by atoms with Crippen molar-refractivity contribution in [1.29, 1.82) is 0 Å². The fourth-order valence-electron chi connectivity index (χ4n) is 3.71. The molecule has 0 aliphatic rings. The quantitative estimate of drug-likeness (QED) is 0.379. The van der Waals surface area contributed by atoms with E-state index in [1.807, 2.05) is 56.3 Å². The maximum atomic E-state index is 13.5. The van der Waals surface area contributed by atoms with Gasteiger partial charge in [-0.3, -0.25) is 9.59 Å². The molecule has 0 fully saturated rings. The zero-order valence-electron chi connectivity index (χ0n) is 21.8. The summed E-state index contributed by atoms with van der Waals surface area (Å²) in [4.78, 5) is 27.6. The molecular weight excluding hydrogens is 470 g/mol. The Labute approximate surface area is 218 Å². The summed E-state index contributed by atoms with van der Waals surface area (Å²) in [6.45, 7) is 5.23. The minimum atomic E-state index is -0.279. The summed E-state index contributed by atoms with van der Waals surface area (Å²) in [7, 11) is 3.09. The molecule has 8 nitrogen and oxygen atoms in total. The molecule has 0 saturated heterocycles. The number of carbonyl (C=O) groups is 2. The highest BCUT2D eigenvalue weighted by atomic mass is 16.5. The maximum Gasteiger partial charge on any atom is 0.262 e. The van der Waals surface area contributed by atoms with Gasteiger partial charge < -0.3 is 30.2 Å². The van der Waals surface area contributed by atoms with Crippen molar-refractivity contribution in [3.63, 3.8) is 0 Å². The molecule has 0 unspecified atom stereocenters. The highest BCUT2D eigenvalue weighted by molar-refractivity contribution is 5.95. The normalized spacial score (nSPS) is 10.9. The van der Waals surface area contributed by atoms with Gasteiger partial charge in [0, 0.05) is 24.3 Å². The second-order valence-corrected chi connectivity index (χ2v) is 9.45. The van der Waals surface area contributed by atoms with Crippen LogP contribution >= 0.6 is 0 Å². The van der Waals surface area contributed by atoms with E-state index in [2.05, 4.69) is 5.32 Å². The zero-order valence-corrected chi connectivity index (χ0v) is 21.8. The van der Waals surface area contributed by atoms with Gasteiger partial charge in [-0.25, -0.2) is 0 Å². The van der Waals surface area contributed by atoms with E-state index in [0.29, 0.717) is 48.1 Å². The average molecular weight is 506 g/mol. The van der Waals surface area contributed by atoms with Crippen LogP contribution in [0.1, 0.15) is 29.8 Å². The Balaban J connectivity index is 1.70. The number of nitrogens with two attached hydrogens (primary N) is 1. The Morgan fingerprint density at radius 1 is 0.919 bits per heavy atom. The van der Waals surface area contributed by atoms with Crippen molar-refractivity contribution in [2.24, 2.45) is 11.1 Å². The van der Waals surface area contributed by atoms with Gasteiger partial charge in [0.1, 0.15) is 5.75 Å². The predicted octanol–water partition coefficient (Wildman–Crippen LogP) is 4.35. The van der Waals surface area contributed by atoms with Gasteiger partial charge in [0.25, 0.3) is 11.8 Å². The van der Waals surface area contributed by atoms with E-state index in [9.17, 15) is 9.59 Å². The van der Waals surface area contributed by atoms with Gasteiger partial charge in [-0.1, -0.05) is 44.2 Å². The van der Waals surface area contributed by atoms with Crippen molar-refractivity contribution in [1.82, 2.24) is 4.90 Å². The number of anilines is 1. The van der Waals surface area contributed by atoms with E-state index in [1.54, 1.807) is 42.3 Å². The number of nitrogens with zero attached hydrogens (tertiary/aromatic N) is 1. The molecular formula is C29H35N3O5. The number of methoxy groups -OCH3 is 2. The third kappa shape index (κ3) is 7.98. The van der Waals surface area contributed by atoms with Crippen molar-refractivity contribution in [3.05, 3.63) is 83.9 Å². The third-order valence-corrected chi connectivity index (χ3v) is 5.81. The molecule has 37 heavy (non-hydrogen) atoms. The summed E-state index contributed by atoms with van der Waals surface area (Å²) in [5, 5.41) is 2.83. The number of nitrogens with one attached hydrogen (secondary N) is 1. The van der Waals surface area contributed by atoms with Crippen molar-refractivity contribution >= 4 is 17.5 Å². The number of hydrogen-bond acceptors (Lipinski definition) is 6. The lowest BCUT2D eigenvalue weighted by Crippen LogP contribution is -2.41. The molecule has 8 heteroatoms. The lowest BCUT2D eigenvalue weighted by Gasteiger charge is -2.32. The minimum absolute atomic E-state index is 0.0897. The van der Waals surface area contributed by atoms with Gasteiger partial charge in [0.05, 0.1) is 14.2 Å². The Bertz CT molecular complexity index is 1180. The van der Waals surface area contributed by atoms with Gasteiger partial charge >= 0.3 is 0 Å². The molecule has 0 aliphatic carbocycles. The first kappa shape index (κ1) is 27.5. The van der Waals surface area contributed by atoms with Gasteiger partial charge in [0.2, 0.25) is 0 Å². The van der Waals surface area contributed by atoms with Crippen LogP contribution in [0.4, 0.5) is 5.69 Å². The molecule has 196 valence electrons. The van der Waals surface area contributed by atoms with Crippen molar-refractivity contribution < 1.29 is 23.8 Å². The highest BCUT2D eigenvalue weighted by Gasteiger charge is 2.25. The van der Waals surface area contributed by atoms with Crippen LogP contribution in [0.3, 0.4) is 0 Å². The fraction of sp³-hybridized carbons (Fsp3) is 0.310. The first-order valence-corrected chi connectivity index (χ1v) is 12.0. The fourth-order valence-corrected chi connectivity index (χ4v) is 3.71. The zero-order chi connectivity index (χ0) is 26.8. The number of carbonyl (C=O) groups excluding carboxylic acids is 2. The first-order valence-electron chi connectivity index (χ1n) is 12.0. The number of benzene rings is 3. The molecule has 0 saturated carbocycles. The molecule has 3 rings (SSSR count). The Hall–Kier alpha value is -4.04. The molecule has 0 heterocycles. The lowest BCUT2D eigenvalue weighted by molar-refractivity contribution is -0.118. The van der Waals surface area contributed by atoms with Crippen LogP contribution in [-0.4, -0.2) is 50.6 Å². The molecule has 0 aromatic heterocycles. The van der Waals surface area contributed by atoms with E-state index >= 15 is 0 Å². The SMILES string of the molecule is COc1ccc(C(=O)N(Cc2ccc(NC(=O)COc3ccccc3)cc2)CC(C)(C)CN)cc1OC. The van der Waals surface area contributed by atoms with Crippen molar-refractivity contribution in [3.8, 4) is 17.2 Å². The largest absolute Gasteiger partial charge is 0.493 e. The summed E-state index contributed by atoms with van der Waals surface area (Å²) in [5.41, 5.74) is 7.75. The summed E-state index contributed by atoms with van der Waals surface area (Å²) >= 11 is 0. The molecule has 3 aromatic rings. The van der Waals surface area contributed by atoms with Crippen LogP contribution in [-0.2, 0) is 11.3 Å². The molecule has 3 aromatic carbocycles. The van der Waals surface area contributed by atoms with Gasteiger partial charge in [-0.2, -0.15) is 0 Å². The summed E-state index contributed by atoms with van der Waals surface area (Å²) in [6.07, 6.45) is 0. The van der Waals surface area contributed by atoms with Crippen LogP contribution in [0.2, 0.25) is 0 Å². The number of para-hydroxylation sites is 1. The van der Waals surface area contributed by atoms with Crippen LogP contribution in [0.5, 0.6) is 17.2 Å². The third-order valence-electron chi connectivity index (χ3n) is 5.81. The van der Waals surface area contributed by atoms with Gasteiger partial charge in [0.15, 0.2) is 18.1 Å². The average Bonchev–Trinajstić information content (AvgIpc) is 2.92. The van der Waals surface area contributed by atoms with Crippen molar-refractivity contribution in [2.75, 3.05) is 39.2 Å². The number of rotatable bonds is 12. The van der Waals surface area contributed by atoms with Gasteiger partial charge in [-0.15, -0.1) is 0 Å². The molecule has 0 radical (unpaired) electrons. The van der Waals surface area contributed by atoms with Crippen LogP contribution in [0.25, 0.3) is 0 Å². The Morgan fingerprint density at radius 2 is 1.59 bits per heavy atom. The minimum Gasteiger partial charge on any atom is -0.493 e. The first-order chi connectivity index (χ1) is 17.7. The monoisotopic (exact) mass is 505 g/mol. The van der Waals surface area contributed by atoms with E-state index < -0.39 is 0 Å². The van der Waals surface area contributed by atoms with E-state index in [4.69, 9.17) is 19.9 Å². The van der Waals surface area contributed by atoms with Crippen LogP contribution in [0, 0.1) is 5.41 Å². The predicted molar refractivity (Wildman–Crippen MR) is 144 cm³/mol. The molecule has 0 aliphatic heterocycles. The Kier molecular flexibility index (Phi) is 9.51. The number of amides is 2. The second-order valence-electron chi connectivity index (χ2n) is 9.45. The van der Waals surface area contributed by atoms with Gasteiger partial charge in [-0.05, 0) is 60.0 Å². The molecule has 0 bridgehead atoms. The standard InChI is InChI=1S/C29H35N3O5/c1-29(2,19-30)20-32(28(34)22-12-15-25(35-3)26(16-22)36-4)17-21-10-13-23(14-11-21)31-27(33)18-37-24-8-6-5-7-9-24/h5-16H,17-20,30H2,1-4H3,(H,31,33). The summed E-state index contributed by atoms with van der Waals surface area (Å²) in [5.74, 6) is 1.28. The van der Waals surface area contributed by atoms with E-state index in [1.165, 1.54) is 7.11 Å².